The van der Waals surface area contributed by atoms with Crippen molar-refractivity contribution in [3.05, 3.63) is 59.7 Å². The molecule has 0 aliphatic carbocycles. The highest BCUT2D eigenvalue weighted by Gasteiger charge is 2.03. The lowest BCUT2D eigenvalue weighted by Crippen LogP contribution is -2.34. The fourth-order valence-corrected chi connectivity index (χ4v) is 1.60. The zero-order valence-corrected chi connectivity index (χ0v) is 9.09. The van der Waals surface area contributed by atoms with Crippen LogP contribution in [-0.2, 0) is 6.54 Å². The van der Waals surface area contributed by atoms with Gasteiger partial charge in [-0.1, -0.05) is 12.1 Å². The van der Waals surface area contributed by atoms with Gasteiger partial charge in [-0.3, -0.25) is 0 Å². The summed E-state index contributed by atoms with van der Waals surface area (Å²) in [5.74, 6) is 0. The van der Waals surface area contributed by atoms with Gasteiger partial charge in [-0.15, -0.1) is 0 Å². The quantitative estimate of drug-likeness (QED) is 0.706. The van der Waals surface area contributed by atoms with Gasteiger partial charge in [0.05, 0.1) is 17.8 Å². The van der Waals surface area contributed by atoms with Crippen LogP contribution in [0.3, 0.4) is 0 Å². The zero-order chi connectivity index (χ0) is 11.4. The van der Waals surface area contributed by atoms with Crippen LogP contribution in [0.1, 0.15) is 16.8 Å². The van der Waals surface area contributed by atoms with Crippen molar-refractivity contribution < 1.29 is 4.57 Å². The van der Waals surface area contributed by atoms with Gasteiger partial charge in [-0.05, 0) is 19.1 Å². The Morgan fingerprint density at radius 3 is 3.06 bits per heavy atom. The topological polar surface area (TPSA) is 40.6 Å². The lowest BCUT2D eigenvalue weighted by atomic mass is 10.1. The predicted octanol–water partition coefficient (Wildman–Crippen LogP) is 1.60. The summed E-state index contributed by atoms with van der Waals surface area (Å²) in [6, 6.07) is 9.78. The third-order valence-corrected chi connectivity index (χ3v) is 2.31. The maximum absolute atomic E-state index is 8.81. The van der Waals surface area contributed by atoms with E-state index in [9.17, 15) is 0 Å². The zero-order valence-electron chi connectivity index (χ0n) is 9.09. The van der Waals surface area contributed by atoms with Gasteiger partial charge in [0.2, 0.25) is 0 Å². The molecule has 0 saturated carbocycles. The third-order valence-electron chi connectivity index (χ3n) is 2.31. The minimum Gasteiger partial charge on any atom is -0.249 e. The molecule has 1 heterocycles. The summed E-state index contributed by atoms with van der Waals surface area (Å²) in [7, 11) is 0. The Morgan fingerprint density at radius 1 is 1.44 bits per heavy atom. The van der Waals surface area contributed by atoms with Crippen molar-refractivity contribution in [3.63, 3.8) is 0 Å². The van der Waals surface area contributed by atoms with Crippen LogP contribution < -0.4 is 4.57 Å². The van der Waals surface area contributed by atoms with Crippen molar-refractivity contribution in [2.45, 2.75) is 13.5 Å². The van der Waals surface area contributed by atoms with Crippen LogP contribution >= 0.6 is 0 Å². The van der Waals surface area contributed by atoms with E-state index in [1.54, 1.807) is 6.20 Å². The van der Waals surface area contributed by atoms with Gasteiger partial charge in [0, 0.05) is 5.56 Å². The Bertz CT molecular complexity index is 541. The van der Waals surface area contributed by atoms with Gasteiger partial charge in [-0.2, -0.15) is 9.83 Å². The van der Waals surface area contributed by atoms with E-state index in [2.05, 4.69) is 15.6 Å². The monoisotopic (exact) mass is 210 g/mol. The Morgan fingerprint density at radius 2 is 2.31 bits per heavy atom. The van der Waals surface area contributed by atoms with Crippen LogP contribution in [0.15, 0.2) is 42.9 Å². The molecule has 0 amide bonds. The molecule has 1 aromatic heterocycles. The van der Waals surface area contributed by atoms with Gasteiger partial charge in [0.1, 0.15) is 5.69 Å². The minimum absolute atomic E-state index is 0.698. The van der Waals surface area contributed by atoms with Crippen molar-refractivity contribution >= 4 is 0 Å². The summed E-state index contributed by atoms with van der Waals surface area (Å²) < 4.78 is 2.05. The molecule has 3 nitrogen and oxygen atoms in total. The fourth-order valence-electron chi connectivity index (χ4n) is 1.60. The Labute approximate surface area is 94.6 Å². The first kappa shape index (κ1) is 10.3. The highest BCUT2D eigenvalue weighted by atomic mass is 15.0. The molecule has 1 aromatic carbocycles. The summed E-state index contributed by atoms with van der Waals surface area (Å²) in [4.78, 5) is 4.14. The van der Waals surface area contributed by atoms with E-state index < -0.39 is 0 Å². The number of hydrogen-bond donors (Lipinski definition) is 0. The van der Waals surface area contributed by atoms with Crippen LogP contribution in [0.25, 0.3) is 0 Å². The molecule has 0 atom stereocenters. The molecular weight excluding hydrogens is 198 g/mol. The lowest BCUT2D eigenvalue weighted by Gasteiger charge is -1.98. The van der Waals surface area contributed by atoms with E-state index in [0.29, 0.717) is 5.56 Å². The Hall–Kier alpha value is -2.21. The van der Waals surface area contributed by atoms with E-state index in [0.717, 1.165) is 17.8 Å². The fraction of sp³-hybridized carbons (Fsp3) is 0.154. The lowest BCUT2D eigenvalue weighted by molar-refractivity contribution is -0.689. The number of nitriles is 1. The van der Waals surface area contributed by atoms with Crippen LogP contribution in [-0.4, -0.2) is 4.98 Å². The van der Waals surface area contributed by atoms with Gasteiger partial charge in [-0.25, -0.2) is 4.98 Å². The molecule has 0 spiro atoms. The predicted molar refractivity (Wildman–Crippen MR) is 59.4 cm³/mol. The Balaban J connectivity index is 2.24. The van der Waals surface area contributed by atoms with Crippen LogP contribution in [0.4, 0.5) is 0 Å². The van der Waals surface area contributed by atoms with E-state index in [-0.39, 0.29) is 0 Å². The highest BCUT2D eigenvalue weighted by molar-refractivity contribution is 5.32. The van der Waals surface area contributed by atoms with Gasteiger partial charge in [0.25, 0.3) is 0 Å². The SMILES string of the molecule is Cc1c[n+](Cc2cccc(C#N)c2)ccn1. The first-order valence-electron chi connectivity index (χ1n) is 5.08. The largest absolute Gasteiger partial charge is 0.249 e. The summed E-state index contributed by atoms with van der Waals surface area (Å²) in [6.45, 7) is 2.72. The number of nitrogens with zero attached hydrogens (tertiary/aromatic N) is 3. The average molecular weight is 210 g/mol. The second-order valence-electron chi connectivity index (χ2n) is 3.68. The molecule has 0 fully saturated rings. The number of aryl methyl sites for hydroxylation is 1. The van der Waals surface area contributed by atoms with Gasteiger partial charge < -0.3 is 0 Å². The second kappa shape index (κ2) is 4.54. The number of rotatable bonds is 2. The third kappa shape index (κ3) is 2.43. The van der Waals surface area contributed by atoms with E-state index >= 15 is 0 Å². The standard InChI is InChI=1S/C13H12N3/c1-11-9-16(6-5-15-11)10-13-4-2-3-12(7-13)8-14/h2-7,9H,10H2,1H3/q+1. The maximum atomic E-state index is 8.81. The molecule has 0 bridgehead atoms. The molecule has 0 unspecified atom stereocenters. The molecule has 3 heteroatoms. The maximum Gasteiger partial charge on any atom is 0.190 e. The molecule has 0 aliphatic heterocycles. The van der Waals surface area contributed by atoms with E-state index in [1.165, 1.54) is 0 Å². The number of hydrogen-bond acceptors (Lipinski definition) is 2. The first-order chi connectivity index (χ1) is 7.78. The number of aromatic nitrogens is 2. The molecule has 2 aromatic rings. The van der Waals surface area contributed by atoms with Crippen molar-refractivity contribution in [3.8, 4) is 6.07 Å². The molecule has 0 aliphatic rings. The van der Waals surface area contributed by atoms with Crippen molar-refractivity contribution in [1.82, 2.24) is 4.98 Å². The molecule has 0 saturated heterocycles. The van der Waals surface area contributed by atoms with Crippen molar-refractivity contribution in [1.29, 1.82) is 5.26 Å². The molecule has 2 rings (SSSR count). The van der Waals surface area contributed by atoms with E-state index in [1.807, 2.05) is 43.6 Å². The van der Waals surface area contributed by atoms with E-state index in [4.69, 9.17) is 5.26 Å². The summed E-state index contributed by atoms with van der Waals surface area (Å²) in [5, 5.41) is 8.81. The summed E-state index contributed by atoms with van der Waals surface area (Å²) in [6.07, 6.45) is 5.69. The summed E-state index contributed by atoms with van der Waals surface area (Å²) >= 11 is 0. The van der Waals surface area contributed by atoms with Crippen LogP contribution in [0.2, 0.25) is 0 Å². The first-order valence-corrected chi connectivity index (χ1v) is 5.08. The average Bonchev–Trinajstić information content (AvgIpc) is 2.29. The summed E-state index contributed by atoms with van der Waals surface area (Å²) in [5.41, 5.74) is 2.80. The highest BCUT2D eigenvalue weighted by Crippen LogP contribution is 2.03. The molecular formula is C13H12N3+. The smallest absolute Gasteiger partial charge is 0.190 e. The molecule has 78 valence electrons. The van der Waals surface area contributed by atoms with Crippen molar-refractivity contribution in [2.75, 3.05) is 0 Å². The molecule has 0 radical (unpaired) electrons. The second-order valence-corrected chi connectivity index (χ2v) is 3.68. The molecule has 0 N–H and O–H groups in total. The van der Waals surface area contributed by atoms with Crippen molar-refractivity contribution in [2.24, 2.45) is 0 Å². The minimum atomic E-state index is 0.698. The van der Waals surface area contributed by atoms with Crippen LogP contribution in [0.5, 0.6) is 0 Å². The van der Waals surface area contributed by atoms with Gasteiger partial charge >= 0.3 is 0 Å². The van der Waals surface area contributed by atoms with Crippen LogP contribution in [0, 0.1) is 18.3 Å². The normalized spacial score (nSPS) is 9.75. The molecule has 16 heavy (non-hydrogen) atoms. The Kier molecular flexibility index (Phi) is 2.93. The number of benzene rings is 1. The van der Waals surface area contributed by atoms with Gasteiger partial charge in [0.15, 0.2) is 18.9 Å².